The van der Waals surface area contributed by atoms with Gasteiger partial charge in [-0.3, -0.25) is 14.7 Å². The van der Waals surface area contributed by atoms with Gasteiger partial charge in [0.25, 0.3) is 5.91 Å². The van der Waals surface area contributed by atoms with Crippen molar-refractivity contribution in [2.24, 2.45) is 4.99 Å². The molecule has 152 valence electrons. The van der Waals surface area contributed by atoms with Gasteiger partial charge in [0, 0.05) is 38.8 Å². The Morgan fingerprint density at radius 3 is 2.63 bits per heavy atom. The van der Waals surface area contributed by atoms with E-state index in [1.165, 1.54) is 25.9 Å². The largest absolute Gasteiger partial charge is 0.356 e. The summed E-state index contributed by atoms with van der Waals surface area (Å²) in [4.78, 5) is 18.6. The quantitative estimate of drug-likeness (QED) is 0.299. The zero-order chi connectivity index (χ0) is 18.8. The second-order valence-electron chi connectivity index (χ2n) is 6.71. The fourth-order valence-corrected chi connectivity index (χ4v) is 3.41. The number of hydrogen-bond acceptors (Lipinski definition) is 3. The molecule has 7 heteroatoms. The smallest absolute Gasteiger partial charge is 0.251 e. The number of carbonyl (C=O) groups excluding carboxylic acids is 1. The van der Waals surface area contributed by atoms with Crippen LogP contribution in [0.5, 0.6) is 0 Å². The zero-order valence-electron chi connectivity index (χ0n) is 16.8. The lowest BCUT2D eigenvalue weighted by Gasteiger charge is -2.27. The molecule has 27 heavy (non-hydrogen) atoms. The summed E-state index contributed by atoms with van der Waals surface area (Å²) in [6, 6.07) is 8.32. The summed E-state index contributed by atoms with van der Waals surface area (Å²) in [5, 5.41) is 9.49. The van der Waals surface area contributed by atoms with Gasteiger partial charge in [-0.2, -0.15) is 0 Å². The molecule has 1 saturated heterocycles. The van der Waals surface area contributed by atoms with Crippen LogP contribution in [-0.4, -0.2) is 63.1 Å². The molecule has 0 radical (unpaired) electrons. The number of rotatable bonds is 8. The van der Waals surface area contributed by atoms with Crippen molar-refractivity contribution in [2.45, 2.75) is 38.6 Å². The van der Waals surface area contributed by atoms with Gasteiger partial charge in [-0.15, -0.1) is 24.0 Å². The molecule has 1 fully saturated rings. The van der Waals surface area contributed by atoms with Crippen LogP contribution in [0.25, 0.3) is 0 Å². The molecule has 1 amide bonds. The maximum atomic E-state index is 11.7. The molecular formula is C20H34IN5O. The normalized spacial score (nSPS) is 15.7. The van der Waals surface area contributed by atoms with Crippen molar-refractivity contribution in [3.63, 3.8) is 0 Å². The average molecular weight is 487 g/mol. The Morgan fingerprint density at radius 2 is 2.00 bits per heavy atom. The van der Waals surface area contributed by atoms with Gasteiger partial charge in [0.2, 0.25) is 0 Å². The Balaban J connectivity index is 0.00000364. The first-order valence-corrected chi connectivity index (χ1v) is 9.67. The Bertz CT molecular complexity index is 602. The van der Waals surface area contributed by atoms with Gasteiger partial charge in [0.05, 0.1) is 0 Å². The first kappa shape index (κ1) is 23.7. The SMILES string of the molecule is CCC(CNC(=NC)NCCc1cccc(C(=O)NC)c1)N1CCCC1.I. The molecule has 0 aliphatic carbocycles. The lowest BCUT2D eigenvalue weighted by molar-refractivity contribution is 0.0963. The summed E-state index contributed by atoms with van der Waals surface area (Å²) in [7, 11) is 3.45. The van der Waals surface area contributed by atoms with Gasteiger partial charge >= 0.3 is 0 Å². The molecule has 1 heterocycles. The fraction of sp³-hybridized carbons (Fsp3) is 0.600. The molecule has 1 unspecified atom stereocenters. The van der Waals surface area contributed by atoms with Crippen molar-refractivity contribution in [2.75, 3.05) is 40.3 Å². The minimum Gasteiger partial charge on any atom is -0.356 e. The van der Waals surface area contributed by atoms with Gasteiger partial charge in [-0.25, -0.2) is 0 Å². The number of carbonyl (C=O) groups is 1. The topological polar surface area (TPSA) is 68.8 Å². The Kier molecular flexibility index (Phi) is 11.3. The third-order valence-electron chi connectivity index (χ3n) is 4.98. The van der Waals surface area contributed by atoms with Crippen molar-refractivity contribution < 1.29 is 4.79 Å². The lowest BCUT2D eigenvalue weighted by Crippen LogP contribution is -2.46. The number of likely N-dealkylation sites (tertiary alicyclic amines) is 1. The summed E-state index contributed by atoms with van der Waals surface area (Å²) in [5.74, 6) is 0.787. The van der Waals surface area contributed by atoms with E-state index >= 15 is 0 Å². The van der Waals surface area contributed by atoms with E-state index in [4.69, 9.17) is 0 Å². The van der Waals surface area contributed by atoms with E-state index in [1.54, 1.807) is 14.1 Å². The van der Waals surface area contributed by atoms with Crippen LogP contribution in [0.4, 0.5) is 0 Å². The second kappa shape index (κ2) is 12.9. The van der Waals surface area contributed by atoms with Gasteiger partial charge < -0.3 is 16.0 Å². The third-order valence-corrected chi connectivity index (χ3v) is 4.98. The van der Waals surface area contributed by atoms with Crippen molar-refractivity contribution >= 4 is 35.8 Å². The first-order valence-electron chi connectivity index (χ1n) is 9.67. The number of halogens is 1. The highest BCUT2D eigenvalue weighted by Gasteiger charge is 2.20. The van der Waals surface area contributed by atoms with E-state index < -0.39 is 0 Å². The number of nitrogens with one attached hydrogen (secondary N) is 3. The Labute approximate surface area is 180 Å². The van der Waals surface area contributed by atoms with Crippen molar-refractivity contribution in [1.82, 2.24) is 20.9 Å². The molecule has 0 spiro atoms. The maximum absolute atomic E-state index is 11.7. The monoisotopic (exact) mass is 487 g/mol. The van der Waals surface area contributed by atoms with Gasteiger partial charge in [-0.05, 0) is 56.5 Å². The number of hydrogen-bond donors (Lipinski definition) is 3. The highest BCUT2D eigenvalue weighted by atomic mass is 127. The summed E-state index contributed by atoms with van der Waals surface area (Å²) >= 11 is 0. The summed E-state index contributed by atoms with van der Waals surface area (Å²) in [6.07, 6.45) is 4.63. The van der Waals surface area contributed by atoms with Crippen LogP contribution in [0.3, 0.4) is 0 Å². The highest BCUT2D eigenvalue weighted by molar-refractivity contribution is 14.0. The van der Waals surface area contributed by atoms with E-state index in [0.717, 1.165) is 37.5 Å². The van der Waals surface area contributed by atoms with E-state index in [2.05, 4.69) is 32.8 Å². The summed E-state index contributed by atoms with van der Waals surface area (Å²) in [5.41, 5.74) is 1.83. The molecule has 1 aromatic rings. The van der Waals surface area contributed by atoms with E-state index in [-0.39, 0.29) is 29.9 Å². The standard InChI is InChI=1S/C20H33N5O.HI/c1-4-18(25-12-5-6-13-25)15-24-20(22-3)23-11-10-16-8-7-9-17(14-16)19(26)21-2;/h7-9,14,18H,4-6,10-13,15H2,1-3H3,(H,21,26)(H2,22,23,24);1H. The molecule has 1 aliphatic rings. The molecule has 1 aromatic carbocycles. The Hall–Kier alpha value is -1.35. The predicted molar refractivity (Wildman–Crippen MR) is 123 cm³/mol. The van der Waals surface area contributed by atoms with Crippen LogP contribution in [-0.2, 0) is 6.42 Å². The Morgan fingerprint density at radius 1 is 1.26 bits per heavy atom. The minimum absolute atomic E-state index is 0. The number of guanidine groups is 1. The van der Waals surface area contributed by atoms with Gasteiger partial charge in [-0.1, -0.05) is 19.1 Å². The molecule has 1 atom stereocenters. The van der Waals surface area contributed by atoms with Crippen LogP contribution in [0.2, 0.25) is 0 Å². The van der Waals surface area contributed by atoms with Gasteiger partial charge in [0.15, 0.2) is 5.96 Å². The lowest BCUT2D eigenvalue weighted by atomic mass is 10.1. The molecule has 0 saturated carbocycles. The summed E-state index contributed by atoms with van der Waals surface area (Å²) in [6.45, 7) is 6.38. The van der Waals surface area contributed by atoms with Crippen molar-refractivity contribution in [1.29, 1.82) is 0 Å². The molecule has 2 rings (SSSR count). The van der Waals surface area contributed by atoms with Crippen LogP contribution < -0.4 is 16.0 Å². The van der Waals surface area contributed by atoms with E-state index in [9.17, 15) is 4.79 Å². The number of benzene rings is 1. The average Bonchev–Trinajstić information content (AvgIpc) is 3.21. The minimum atomic E-state index is -0.0511. The second-order valence-corrected chi connectivity index (χ2v) is 6.71. The number of amides is 1. The molecule has 1 aliphatic heterocycles. The molecule has 0 bridgehead atoms. The molecule has 0 aromatic heterocycles. The van der Waals surface area contributed by atoms with Gasteiger partial charge in [0.1, 0.15) is 0 Å². The van der Waals surface area contributed by atoms with Crippen molar-refractivity contribution in [3.05, 3.63) is 35.4 Å². The van der Waals surface area contributed by atoms with E-state index in [0.29, 0.717) is 11.6 Å². The molecule has 6 nitrogen and oxygen atoms in total. The van der Waals surface area contributed by atoms with Crippen LogP contribution >= 0.6 is 24.0 Å². The zero-order valence-corrected chi connectivity index (χ0v) is 19.1. The molecular weight excluding hydrogens is 453 g/mol. The van der Waals surface area contributed by atoms with E-state index in [1.807, 2.05) is 24.3 Å². The third kappa shape index (κ3) is 7.65. The van der Waals surface area contributed by atoms with Crippen LogP contribution in [0.1, 0.15) is 42.1 Å². The fourth-order valence-electron chi connectivity index (χ4n) is 3.41. The van der Waals surface area contributed by atoms with Crippen LogP contribution in [0, 0.1) is 0 Å². The first-order chi connectivity index (χ1) is 12.7. The number of nitrogens with zero attached hydrogens (tertiary/aromatic N) is 2. The highest BCUT2D eigenvalue weighted by Crippen LogP contribution is 2.13. The maximum Gasteiger partial charge on any atom is 0.251 e. The van der Waals surface area contributed by atoms with Crippen molar-refractivity contribution in [3.8, 4) is 0 Å². The predicted octanol–water partition coefficient (Wildman–Crippen LogP) is 2.25. The number of aliphatic imine (C=N–C) groups is 1. The summed E-state index contributed by atoms with van der Waals surface area (Å²) < 4.78 is 0. The molecule has 3 N–H and O–H groups in total. The van der Waals surface area contributed by atoms with Crippen LogP contribution in [0.15, 0.2) is 29.3 Å².